The Morgan fingerprint density at radius 3 is 2.83 bits per heavy atom. The smallest absolute Gasteiger partial charge is 0.0501 e. The average Bonchev–Trinajstić information content (AvgIpc) is 2.79. The first-order chi connectivity index (χ1) is 8.84. The zero-order valence-corrected chi connectivity index (χ0v) is 10.1. The lowest BCUT2D eigenvalue weighted by molar-refractivity contribution is 1.36. The van der Waals surface area contributed by atoms with Crippen LogP contribution in [0.2, 0.25) is 0 Å². The summed E-state index contributed by atoms with van der Waals surface area (Å²) in [5.41, 5.74) is 3.72. The van der Waals surface area contributed by atoms with Gasteiger partial charge in [0.25, 0.3) is 0 Å². The van der Waals surface area contributed by atoms with E-state index in [9.17, 15) is 0 Å². The van der Waals surface area contributed by atoms with Gasteiger partial charge in [-0.2, -0.15) is 0 Å². The number of benzene rings is 2. The van der Waals surface area contributed by atoms with Gasteiger partial charge in [0.05, 0.1) is 5.52 Å². The number of aromatic nitrogens is 2. The second-order valence-corrected chi connectivity index (χ2v) is 4.69. The molecule has 0 unspecified atom stereocenters. The summed E-state index contributed by atoms with van der Waals surface area (Å²) in [6.45, 7) is 2.17. The standard InChI is InChI=1S/C16H12N2/c1-10-12-6-7-17-9-11(12)8-14-13-4-2-3-5-15(13)18-16(10)14/h2-9,18H,1H3. The minimum atomic E-state index is 1.19. The van der Waals surface area contributed by atoms with Crippen LogP contribution < -0.4 is 0 Å². The number of nitrogens with one attached hydrogen (secondary N) is 1. The third kappa shape index (κ3) is 1.15. The number of nitrogens with zero attached hydrogens (tertiary/aromatic N) is 1. The van der Waals surface area contributed by atoms with Gasteiger partial charge in [-0.25, -0.2) is 0 Å². The maximum atomic E-state index is 4.22. The molecular weight excluding hydrogens is 220 g/mol. The maximum Gasteiger partial charge on any atom is 0.0501 e. The molecule has 2 heterocycles. The van der Waals surface area contributed by atoms with E-state index in [-0.39, 0.29) is 0 Å². The highest BCUT2D eigenvalue weighted by Gasteiger charge is 2.08. The summed E-state index contributed by atoms with van der Waals surface area (Å²) < 4.78 is 0. The highest BCUT2D eigenvalue weighted by Crippen LogP contribution is 2.32. The van der Waals surface area contributed by atoms with E-state index in [0.29, 0.717) is 0 Å². The molecule has 0 aliphatic carbocycles. The molecule has 0 atom stereocenters. The van der Waals surface area contributed by atoms with E-state index in [1.165, 1.54) is 38.1 Å². The summed E-state index contributed by atoms with van der Waals surface area (Å²) in [4.78, 5) is 7.73. The minimum Gasteiger partial charge on any atom is -0.354 e. The van der Waals surface area contributed by atoms with E-state index in [2.05, 4.69) is 53.3 Å². The van der Waals surface area contributed by atoms with E-state index in [1.807, 2.05) is 12.4 Å². The lowest BCUT2D eigenvalue weighted by Gasteiger charge is -2.03. The summed E-state index contributed by atoms with van der Waals surface area (Å²) in [5.74, 6) is 0. The summed E-state index contributed by atoms with van der Waals surface area (Å²) in [5, 5.41) is 5.03. The molecule has 1 N–H and O–H groups in total. The van der Waals surface area contributed by atoms with Crippen molar-refractivity contribution in [3.05, 3.63) is 54.4 Å². The van der Waals surface area contributed by atoms with Crippen molar-refractivity contribution in [1.29, 1.82) is 0 Å². The van der Waals surface area contributed by atoms with Crippen LogP contribution in [0.5, 0.6) is 0 Å². The molecule has 0 saturated heterocycles. The zero-order chi connectivity index (χ0) is 12.1. The molecule has 2 aromatic carbocycles. The van der Waals surface area contributed by atoms with Crippen LogP contribution in [0.3, 0.4) is 0 Å². The summed E-state index contributed by atoms with van der Waals surface area (Å²) in [6, 6.07) is 12.7. The van der Waals surface area contributed by atoms with Crippen molar-refractivity contribution in [2.75, 3.05) is 0 Å². The van der Waals surface area contributed by atoms with E-state index >= 15 is 0 Å². The molecular formula is C16H12N2. The van der Waals surface area contributed by atoms with Gasteiger partial charge in [0.2, 0.25) is 0 Å². The molecule has 18 heavy (non-hydrogen) atoms. The Balaban J connectivity index is 2.33. The van der Waals surface area contributed by atoms with Gasteiger partial charge in [0, 0.05) is 34.1 Å². The number of fused-ring (bicyclic) bond motifs is 4. The highest BCUT2D eigenvalue weighted by atomic mass is 14.7. The first-order valence-electron chi connectivity index (χ1n) is 6.08. The quantitative estimate of drug-likeness (QED) is 0.484. The number of para-hydroxylation sites is 1. The molecule has 0 bridgehead atoms. The van der Waals surface area contributed by atoms with Crippen molar-refractivity contribution in [2.24, 2.45) is 0 Å². The van der Waals surface area contributed by atoms with Crippen LogP contribution in [0.15, 0.2) is 48.8 Å². The number of hydrogen-bond donors (Lipinski definition) is 1. The molecule has 2 heteroatoms. The Bertz CT molecular complexity index is 887. The predicted octanol–water partition coefficient (Wildman–Crippen LogP) is 4.18. The fourth-order valence-corrected chi connectivity index (χ4v) is 2.76. The largest absolute Gasteiger partial charge is 0.354 e. The van der Waals surface area contributed by atoms with Crippen molar-refractivity contribution in [2.45, 2.75) is 6.92 Å². The van der Waals surface area contributed by atoms with Gasteiger partial charge in [-0.3, -0.25) is 4.98 Å². The van der Waals surface area contributed by atoms with Crippen LogP contribution in [-0.4, -0.2) is 9.97 Å². The average molecular weight is 232 g/mol. The fourth-order valence-electron chi connectivity index (χ4n) is 2.76. The topological polar surface area (TPSA) is 28.7 Å². The third-order valence-electron chi connectivity index (χ3n) is 3.68. The lowest BCUT2D eigenvalue weighted by atomic mass is 10.0. The number of rotatable bonds is 0. The van der Waals surface area contributed by atoms with Gasteiger partial charge in [0.1, 0.15) is 0 Å². The van der Waals surface area contributed by atoms with Crippen LogP contribution in [0.4, 0.5) is 0 Å². The monoisotopic (exact) mass is 232 g/mol. The van der Waals surface area contributed by atoms with Gasteiger partial charge in [-0.15, -0.1) is 0 Å². The van der Waals surface area contributed by atoms with E-state index in [0.717, 1.165) is 0 Å². The minimum absolute atomic E-state index is 1.19. The number of hydrogen-bond acceptors (Lipinski definition) is 1. The Morgan fingerprint density at radius 2 is 1.89 bits per heavy atom. The summed E-state index contributed by atoms with van der Waals surface area (Å²) in [7, 11) is 0. The van der Waals surface area contributed by atoms with Crippen molar-refractivity contribution >= 4 is 32.6 Å². The van der Waals surface area contributed by atoms with Crippen molar-refractivity contribution < 1.29 is 0 Å². The lowest BCUT2D eigenvalue weighted by Crippen LogP contribution is -1.82. The molecule has 2 nitrogen and oxygen atoms in total. The summed E-state index contributed by atoms with van der Waals surface area (Å²) >= 11 is 0. The molecule has 4 rings (SSSR count). The number of aryl methyl sites for hydroxylation is 1. The molecule has 86 valence electrons. The summed E-state index contributed by atoms with van der Waals surface area (Å²) in [6.07, 6.45) is 3.79. The van der Waals surface area contributed by atoms with E-state index in [4.69, 9.17) is 0 Å². The van der Waals surface area contributed by atoms with E-state index in [1.54, 1.807) is 0 Å². The van der Waals surface area contributed by atoms with Gasteiger partial charge >= 0.3 is 0 Å². The molecule has 0 saturated carbocycles. The molecule has 4 aromatic rings. The third-order valence-corrected chi connectivity index (χ3v) is 3.68. The zero-order valence-electron chi connectivity index (χ0n) is 10.1. The molecule has 0 aliphatic rings. The first-order valence-corrected chi connectivity index (χ1v) is 6.08. The van der Waals surface area contributed by atoms with Gasteiger partial charge in [-0.05, 0) is 36.1 Å². The Morgan fingerprint density at radius 1 is 1.00 bits per heavy atom. The molecule has 0 spiro atoms. The Hall–Kier alpha value is -2.35. The van der Waals surface area contributed by atoms with Crippen molar-refractivity contribution in [1.82, 2.24) is 9.97 Å². The molecule has 0 amide bonds. The maximum absolute atomic E-state index is 4.22. The van der Waals surface area contributed by atoms with Crippen molar-refractivity contribution in [3.8, 4) is 0 Å². The van der Waals surface area contributed by atoms with Crippen LogP contribution in [0.1, 0.15) is 5.56 Å². The molecule has 2 aromatic heterocycles. The Labute approximate surface area is 104 Å². The van der Waals surface area contributed by atoms with E-state index < -0.39 is 0 Å². The first kappa shape index (κ1) is 9.66. The highest BCUT2D eigenvalue weighted by molar-refractivity contribution is 6.13. The second kappa shape index (κ2) is 3.33. The van der Waals surface area contributed by atoms with Crippen LogP contribution in [-0.2, 0) is 0 Å². The molecule has 0 fully saturated rings. The predicted molar refractivity (Wildman–Crippen MR) is 75.8 cm³/mol. The number of pyridine rings is 1. The van der Waals surface area contributed by atoms with Crippen LogP contribution in [0.25, 0.3) is 32.6 Å². The van der Waals surface area contributed by atoms with Gasteiger partial charge in [0.15, 0.2) is 0 Å². The SMILES string of the molecule is Cc1c2ccncc2cc2c1[nH]c1ccccc12. The van der Waals surface area contributed by atoms with Gasteiger partial charge < -0.3 is 4.98 Å². The number of aromatic amines is 1. The van der Waals surface area contributed by atoms with Crippen molar-refractivity contribution in [3.63, 3.8) is 0 Å². The number of H-pyrrole nitrogens is 1. The van der Waals surface area contributed by atoms with Crippen LogP contribution in [0, 0.1) is 6.92 Å². The van der Waals surface area contributed by atoms with Gasteiger partial charge in [-0.1, -0.05) is 18.2 Å². The Kier molecular flexibility index (Phi) is 1.78. The normalized spacial score (nSPS) is 11.6. The molecule has 0 aliphatic heterocycles. The van der Waals surface area contributed by atoms with Crippen LogP contribution >= 0.6 is 0 Å². The molecule has 0 radical (unpaired) electrons. The second-order valence-electron chi connectivity index (χ2n) is 4.69. The fraction of sp³-hybridized carbons (Fsp3) is 0.0625.